The Morgan fingerprint density at radius 1 is 1.22 bits per heavy atom. The number of benzene rings is 1. The predicted molar refractivity (Wildman–Crippen MR) is 93.5 cm³/mol. The quantitative estimate of drug-likeness (QED) is 0.750. The van der Waals surface area contributed by atoms with Crippen LogP contribution in [0.25, 0.3) is 5.69 Å². The number of rotatable bonds is 4. The van der Waals surface area contributed by atoms with Crippen LogP contribution in [0.3, 0.4) is 0 Å². The Morgan fingerprint density at radius 2 is 1.96 bits per heavy atom. The van der Waals surface area contributed by atoms with Crippen LogP contribution in [0.5, 0.6) is 0 Å². The molecular formula is C17H26N6. The maximum Gasteiger partial charge on any atom is 0.241 e. The molecule has 0 radical (unpaired) electrons. The van der Waals surface area contributed by atoms with Crippen molar-refractivity contribution >= 4 is 11.9 Å². The van der Waals surface area contributed by atoms with Crippen LogP contribution in [0, 0.1) is 5.92 Å². The number of hydrogen-bond donors (Lipinski definition) is 3. The summed E-state index contributed by atoms with van der Waals surface area (Å²) in [5.74, 6) is 1.22. The second kappa shape index (κ2) is 6.58. The molecule has 23 heavy (non-hydrogen) atoms. The lowest BCUT2D eigenvalue weighted by atomic mass is 10.0. The summed E-state index contributed by atoms with van der Waals surface area (Å²) in [6.45, 7) is 5.58. The van der Waals surface area contributed by atoms with Gasteiger partial charge in [0.05, 0.1) is 5.69 Å². The van der Waals surface area contributed by atoms with Crippen LogP contribution in [0.15, 0.2) is 18.2 Å². The zero-order valence-corrected chi connectivity index (χ0v) is 13.9. The van der Waals surface area contributed by atoms with E-state index in [2.05, 4.69) is 41.4 Å². The highest BCUT2D eigenvalue weighted by Gasteiger charge is 2.17. The Labute approximate surface area is 137 Å². The molecular weight excluding hydrogens is 288 g/mol. The Bertz CT molecular complexity index is 676. The topological polar surface area (TPSA) is 94.8 Å². The van der Waals surface area contributed by atoms with Crippen LogP contribution in [-0.4, -0.2) is 27.4 Å². The van der Waals surface area contributed by atoms with Gasteiger partial charge >= 0.3 is 0 Å². The molecule has 6 heteroatoms. The third-order valence-electron chi connectivity index (χ3n) is 4.42. The summed E-state index contributed by atoms with van der Waals surface area (Å²) < 4.78 is 1.61. The number of nitrogens with zero attached hydrogens (tertiary/aromatic N) is 3. The van der Waals surface area contributed by atoms with Crippen molar-refractivity contribution < 1.29 is 0 Å². The molecule has 1 atom stereocenters. The number of fused-ring (bicyclic) bond motifs is 1. The van der Waals surface area contributed by atoms with Gasteiger partial charge in [-0.05, 0) is 61.4 Å². The SMILES string of the molecule is CC(C)CNC1CCc2ccc(-n3nc(N)nc3N)cc2CC1. The maximum atomic E-state index is 5.87. The molecule has 2 aromatic rings. The molecule has 1 unspecified atom stereocenters. The summed E-state index contributed by atoms with van der Waals surface area (Å²) in [5.41, 5.74) is 15.2. The fraction of sp³-hybridized carbons (Fsp3) is 0.529. The van der Waals surface area contributed by atoms with Gasteiger partial charge < -0.3 is 16.8 Å². The van der Waals surface area contributed by atoms with Crippen molar-refractivity contribution in [2.75, 3.05) is 18.0 Å². The summed E-state index contributed by atoms with van der Waals surface area (Å²) in [6, 6.07) is 7.00. The summed E-state index contributed by atoms with van der Waals surface area (Å²) in [4.78, 5) is 3.97. The molecule has 0 spiro atoms. The summed E-state index contributed by atoms with van der Waals surface area (Å²) in [6.07, 6.45) is 4.54. The molecule has 0 bridgehead atoms. The van der Waals surface area contributed by atoms with E-state index in [1.54, 1.807) is 4.68 Å². The van der Waals surface area contributed by atoms with Crippen LogP contribution >= 0.6 is 0 Å². The van der Waals surface area contributed by atoms with Gasteiger partial charge in [-0.25, -0.2) is 0 Å². The minimum atomic E-state index is 0.204. The van der Waals surface area contributed by atoms with E-state index >= 15 is 0 Å². The zero-order valence-electron chi connectivity index (χ0n) is 13.9. The van der Waals surface area contributed by atoms with Crippen LogP contribution in [0.2, 0.25) is 0 Å². The second-order valence-corrected chi connectivity index (χ2v) is 6.77. The Morgan fingerprint density at radius 3 is 2.61 bits per heavy atom. The molecule has 1 aliphatic rings. The van der Waals surface area contributed by atoms with Gasteiger partial charge in [-0.15, -0.1) is 5.10 Å². The number of nitrogens with two attached hydrogens (primary N) is 2. The van der Waals surface area contributed by atoms with E-state index < -0.39 is 0 Å². The van der Waals surface area contributed by atoms with Gasteiger partial charge in [-0.3, -0.25) is 0 Å². The molecule has 3 rings (SSSR count). The zero-order chi connectivity index (χ0) is 16.4. The monoisotopic (exact) mass is 314 g/mol. The van der Waals surface area contributed by atoms with Crippen molar-refractivity contribution in [2.45, 2.75) is 45.6 Å². The van der Waals surface area contributed by atoms with Gasteiger partial charge in [-0.1, -0.05) is 19.9 Å². The van der Waals surface area contributed by atoms with Gasteiger partial charge in [0.1, 0.15) is 0 Å². The summed E-state index contributed by atoms with van der Waals surface area (Å²) >= 11 is 0. The summed E-state index contributed by atoms with van der Waals surface area (Å²) in [7, 11) is 0. The number of nitrogen functional groups attached to an aromatic ring is 2. The largest absolute Gasteiger partial charge is 0.368 e. The minimum Gasteiger partial charge on any atom is -0.368 e. The number of hydrogen-bond acceptors (Lipinski definition) is 5. The molecule has 1 heterocycles. The molecule has 1 aromatic heterocycles. The van der Waals surface area contributed by atoms with Crippen LogP contribution in [0.1, 0.15) is 37.8 Å². The molecule has 0 amide bonds. The third kappa shape index (κ3) is 3.64. The standard InChI is InChI=1S/C17H26N6/c1-11(2)10-20-14-6-3-12-5-8-15(9-13(12)4-7-14)23-17(19)21-16(18)22-23/h5,8-9,11,14,20H,3-4,6-7,10H2,1-2H3,(H4,18,19,21,22). The first-order valence-electron chi connectivity index (χ1n) is 8.36. The first kappa shape index (κ1) is 15.8. The van der Waals surface area contributed by atoms with E-state index in [4.69, 9.17) is 11.5 Å². The van der Waals surface area contributed by atoms with Crippen molar-refractivity contribution in [2.24, 2.45) is 5.92 Å². The van der Waals surface area contributed by atoms with Crippen molar-refractivity contribution in [3.63, 3.8) is 0 Å². The first-order valence-corrected chi connectivity index (χ1v) is 8.36. The van der Waals surface area contributed by atoms with E-state index in [9.17, 15) is 0 Å². The molecule has 5 N–H and O–H groups in total. The van der Waals surface area contributed by atoms with Crippen LogP contribution < -0.4 is 16.8 Å². The molecule has 6 nitrogen and oxygen atoms in total. The average Bonchev–Trinajstić information content (AvgIpc) is 2.73. The van der Waals surface area contributed by atoms with E-state index in [1.807, 2.05) is 6.07 Å². The molecule has 0 saturated carbocycles. The number of nitrogens with one attached hydrogen (secondary N) is 1. The smallest absolute Gasteiger partial charge is 0.241 e. The number of anilines is 2. The Balaban J connectivity index is 1.76. The van der Waals surface area contributed by atoms with E-state index in [-0.39, 0.29) is 5.95 Å². The number of aryl methyl sites for hydroxylation is 2. The average molecular weight is 314 g/mol. The number of aromatic nitrogens is 3. The fourth-order valence-corrected chi connectivity index (χ4v) is 3.16. The van der Waals surface area contributed by atoms with E-state index in [0.29, 0.717) is 17.9 Å². The lowest BCUT2D eigenvalue weighted by Gasteiger charge is -2.17. The van der Waals surface area contributed by atoms with E-state index in [1.165, 1.54) is 17.5 Å². The van der Waals surface area contributed by atoms with E-state index in [0.717, 1.165) is 31.5 Å². The third-order valence-corrected chi connectivity index (χ3v) is 4.42. The lowest BCUT2D eigenvalue weighted by molar-refractivity contribution is 0.428. The summed E-state index contributed by atoms with van der Waals surface area (Å²) in [5, 5.41) is 7.85. The van der Waals surface area contributed by atoms with Crippen molar-refractivity contribution in [1.29, 1.82) is 0 Å². The highest BCUT2D eigenvalue weighted by atomic mass is 15.4. The highest BCUT2D eigenvalue weighted by molar-refractivity contribution is 5.45. The Kier molecular flexibility index (Phi) is 4.52. The highest BCUT2D eigenvalue weighted by Crippen LogP contribution is 2.24. The molecule has 124 valence electrons. The van der Waals surface area contributed by atoms with Crippen molar-refractivity contribution in [1.82, 2.24) is 20.1 Å². The lowest BCUT2D eigenvalue weighted by Crippen LogP contribution is -2.32. The van der Waals surface area contributed by atoms with Crippen LogP contribution in [-0.2, 0) is 12.8 Å². The van der Waals surface area contributed by atoms with Gasteiger partial charge in [0.25, 0.3) is 0 Å². The van der Waals surface area contributed by atoms with Crippen molar-refractivity contribution in [3.8, 4) is 5.69 Å². The fourth-order valence-electron chi connectivity index (χ4n) is 3.16. The molecule has 1 aromatic carbocycles. The molecule has 0 fully saturated rings. The Hall–Kier alpha value is -2.08. The molecule has 0 aliphatic heterocycles. The van der Waals surface area contributed by atoms with Gasteiger partial charge in [0.15, 0.2) is 0 Å². The maximum absolute atomic E-state index is 5.87. The minimum absolute atomic E-state index is 0.204. The van der Waals surface area contributed by atoms with Crippen molar-refractivity contribution in [3.05, 3.63) is 29.3 Å². The van der Waals surface area contributed by atoms with Crippen LogP contribution in [0.4, 0.5) is 11.9 Å². The first-order chi connectivity index (χ1) is 11.0. The molecule has 0 saturated heterocycles. The normalized spacial score (nSPS) is 18.0. The van der Waals surface area contributed by atoms with Gasteiger partial charge in [0.2, 0.25) is 11.9 Å². The second-order valence-electron chi connectivity index (χ2n) is 6.77. The van der Waals surface area contributed by atoms with Gasteiger partial charge in [-0.2, -0.15) is 9.67 Å². The predicted octanol–water partition coefficient (Wildman–Crippen LogP) is 1.92. The van der Waals surface area contributed by atoms with Gasteiger partial charge in [0, 0.05) is 6.04 Å². The molecule has 1 aliphatic carbocycles.